The maximum atomic E-state index is 10.7. The summed E-state index contributed by atoms with van der Waals surface area (Å²) in [6.07, 6.45) is 1.86. The number of hydrogen-bond donors (Lipinski definition) is 2. The number of hydrogen-bond acceptors (Lipinski definition) is 3. The zero-order valence-electron chi connectivity index (χ0n) is 7.19. The lowest BCUT2D eigenvalue weighted by molar-refractivity contribution is -0.109. The summed E-state index contributed by atoms with van der Waals surface area (Å²) in [5, 5.41) is 3.82. The number of piperidine rings is 1. The standard InChI is InChI=1S/C7H12N4O2/c8-7(13)11-3-1-6(2-4-11)10-9-5-12/h5H,1-4H2,(H2,8,13)(H,9,12). The SMILES string of the molecule is NC(=O)N1CCC(=NNC=O)CC1. The third-order valence-electron chi connectivity index (χ3n) is 1.93. The maximum absolute atomic E-state index is 10.7. The van der Waals surface area contributed by atoms with E-state index < -0.39 is 6.03 Å². The molecule has 3 amide bonds. The molecular weight excluding hydrogens is 172 g/mol. The first kappa shape index (κ1) is 9.50. The van der Waals surface area contributed by atoms with Gasteiger partial charge >= 0.3 is 6.03 Å². The molecule has 72 valence electrons. The molecule has 0 radical (unpaired) electrons. The Morgan fingerprint density at radius 3 is 2.62 bits per heavy atom. The van der Waals surface area contributed by atoms with Crippen molar-refractivity contribution >= 4 is 18.2 Å². The molecule has 1 rings (SSSR count). The van der Waals surface area contributed by atoms with Crippen LogP contribution in [0.15, 0.2) is 5.10 Å². The number of carbonyl (C=O) groups is 2. The molecule has 13 heavy (non-hydrogen) atoms. The molecule has 1 fully saturated rings. The van der Waals surface area contributed by atoms with Crippen molar-refractivity contribution in [1.29, 1.82) is 0 Å². The van der Waals surface area contributed by atoms with Gasteiger partial charge in [0.1, 0.15) is 0 Å². The van der Waals surface area contributed by atoms with E-state index in [1.54, 1.807) is 4.90 Å². The number of urea groups is 1. The normalized spacial score (nSPS) is 16.6. The molecule has 1 aliphatic rings. The highest BCUT2D eigenvalue weighted by atomic mass is 16.2. The number of nitrogens with two attached hydrogens (primary N) is 1. The van der Waals surface area contributed by atoms with E-state index in [9.17, 15) is 9.59 Å². The number of nitrogens with one attached hydrogen (secondary N) is 1. The van der Waals surface area contributed by atoms with E-state index in [4.69, 9.17) is 5.73 Å². The fourth-order valence-electron chi connectivity index (χ4n) is 1.21. The Morgan fingerprint density at radius 1 is 1.54 bits per heavy atom. The molecule has 0 bridgehead atoms. The van der Waals surface area contributed by atoms with E-state index in [1.165, 1.54) is 0 Å². The van der Waals surface area contributed by atoms with Crippen LogP contribution in [-0.4, -0.2) is 36.1 Å². The molecule has 0 unspecified atom stereocenters. The molecule has 0 atom stereocenters. The summed E-state index contributed by atoms with van der Waals surface area (Å²) in [5.41, 5.74) is 8.22. The van der Waals surface area contributed by atoms with Crippen LogP contribution in [0.2, 0.25) is 0 Å². The first-order valence-electron chi connectivity index (χ1n) is 4.03. The largest absolute Gasteiger partial charge is 0.351 e. The number of hydrazone groups is 1. The van der Waals surface area contributed by atoms with Crippen molar-refractivity contribution < 1.29 is 9.59 Å². The van der Waals surface area contributed by atoms with Gasteiger partial charge in [0, 0.05) is 31.6 Å². The van der Waals surface area contributed by atoms with Crippen molar-refractivity contribution in [2.24, 2.45) is 10.8 Å². The molecule has 1 heterocycles. The minimum atomic E-state index is -0.401. The van der Waals surface area contributed by atoms with Crippen LogP contribution in [0.25, 0.3) is 0 Å². The predicted octanol–water partition coefficient (Wildman–Crippen LogP) is -0.737. The van der Waals surface area contributed by atoms with Crippen LogP contribution in [-0.2, 0) is 4.79 Å². The summed E-state index contributed by atoms with van der Waals surface area (Å²) in [6.45, 7) is 1.16. The minimum absolute atomic E-state index is 0.401. The predicted molar refractivity (Wildman–Crippen MR) is 47.0 cm³/mol. The quantitative estimate of drug-likeness (QED) is 0.437. The van der Waals surface area contributed by atoms with Crippen molar-refractivity contribution in [3.05, 3.63) is 0 Å². The van der Waals surface area contributed by atoms with E-state index in [0.29, 0.717) is 32.3 Å². The summed E-state index contributed by atoms with van der Waals surface area (Å²) >= 11 is 0. The zero-order chi connectivity index (χ0) is 9.68. The number of nitrogens with zero attached hydrogens (tertiary/aromatic N) is 2. The Kier molecular flexibility index (Phi) is 3.24. The molecule has 1 saturated heterocycles. The Hall–Kier alpha value is -1.59. The van der Waals surface area contributed by atoms with Gasteiger partial charge in [-0.25, -0.2) is 10.2 Å². The number of primary amides is 1. The van der Waals surface area contributed by atoms with Crippen molar-refractivity contribution in [3.63, 3.8) is 0 Å². The molecular formula is C7H12N4O2. The molecule has 0 saturated carbocycles. The van der Waals surface area contributed by atoms with Crippen LogP contribution < -0.4 is 11.2 Å². The second-order valence-electron chi connectivity index (χ2n) is 2.75. The van der Waals surface area contributed by atoms with Gasteiger partial charge in [0.2, 0.25) is 6.41 Å². The number of likely N-dealkylation sites (tertiary alicyclic amines) is 1. The lowest BCUT2D eigenvalue weighted by Gasteiger charge is -2.25. The van der Waals surface area contributed by atoms with Gasteiger partial charge in [-0.15, -0.1) is 0 Å². The van der Waals surface area contributed by atoms with Gasteiger partial charge < -0.3 is 10.6 Å². The van der Waals surface area contributed by atoms with Crippen LogP contribution in [0.4, 0.5) is 4.79 Å². The van der Waals surface area contributed by atoms with Crippen molar-refractivity contribution in [1.82, 2.24) is 10.3 Å². The number of carbonyl (C=O) groups excluding carboxylic acids is 2. The maximum Gasteiger partial charge on any atom is 0.314 e. The van der Waals surface area contributed by atoms with Gasteiger partial charge in [-0.2, -0.15) is 5.10 Å². The van der Waals surface area contributed by atoms with Gasteiger partial charge in [-0.1, -0.05) is 0 Å². The molecule has 0 spiro atoms. The summed E-state index contributed by atoms with van der Waals surface area (Å²) in [5.74, 6) is 0. The molecule has 6 heteroatoms. The number of amides is 3. The summed E-state index contributed by atoms with van der Waals surface area (Å²) < 4.78 is 0. The van der Waals surface area contributed by atoms with Gasteiger partial charge in [0.15, 0.2) is 0 Å². The second-order valence-corrected chi connectivity index (χ2v) is 2.75. The summed E-state index contributed by atoms with van der Waals surface area (Å²) in [4.78, 5) is 22.2. The topological polar surface area (TPSA) is 87.8 Å². The van der Waals surface area contributed by atoms with Crippen LogP contribution in [0, 0.1) is 0 Å². The Bertz CT molecular complexity index is 229. The van der Waals surface area contributed by atoms with Crippen molar-refractivity contribution in [2.75, 3.05) is 13.1 Å². The second kappa shape index (κ2) is 4.44. The van der Waals surface area contributed by atoms with Gasteiger partial charge in [0.25, 0.3) is 0 Å². The monoisotopic (exact) mass is 184 g/mol. The lowest BCUT2D eigenvalue weighted by Crippen LogP contribution is -2.42. The van der Waals surface area contributed by atoms with E-state index in [2.05, 4.69) is 10.5 Å². The average Bonchev–Trinajstić information content (AvgIpc) is 2.15. The summed E-state index contributed by atoms with van der Waals surface area (Å²) in [7, 11) is 0. The van der Waals surface area contributed by atoms with E-state index >= 15 is 0 Å². The average molecular weight is 184 g/mol. The third kappa shape index (κ3) is 2.73. The fraction of sp³-hybridized carbons (Fsp3) is 0.571. The molecule has 3 N–H and O–H groups in total. The first-order valence-corrected chi connectivity index (χ1v) is 4.03. The van der Waals surface area contributed by atoms with Crippen LogP contribution in [0.1, 0.15) is 12.8 Å². The number of rotatable bonds is 2. The van der Waals surface area contributed by atoms with Gasteiger partial charge in [-0.05, 0) is 0 Å². The highest BCUT2D eigenvalue weighted by Gasteiger charge is 2.17. The Morgan fingerprint density at radius 2 is 2.15 bits per heavy atom. The van der Waals surface area contributed by atoms with E-state index in [1.807, 2.05) is 0 Å². The van der Waals surface area contributed by atoms with Crippen LogP contribution >= 0.6 is 0 Å². The van der Waals surface area contributed by atoms with Gasteiger partial charge in [-0.3, -0.25) is 4.79 Å². The molecule has 1 aliphatic heterocycles. The Balaban J connectivity index is 2.38. The molecule has 0 aromatic heterocycles. The third-order valence-corrected chi connectivity index (χ3v) is 1.93. The van der Waals surface area contributed by atoms with Gasteiger partial charge in [0.05, 0.1) is 0 Å². The smallest absolute Gasteiger partial charge is 0.314 e. The molecule has 0 aliphatic carbocycles. The first-order chi connectivity index (χ1) is 6.24. The zero-order valence-corrected chi connectivity index (χ0v) is 7.19. The molecule has 0 aromatic carbocycles. The molecule has 6 nitrogen and oxygen atoms in total. The highest BCUT2D eigenvalue weighted by molar-refractivity contribution is 5.87. The van der Waals surface area contributed by atoms with Crippen molar-refractivity contribution in [2.45, 2.75) is 12.8 Å². The van der Waals surface area contributed by atoms with E-state index in [0.717, 1.165) is 5.71 Å². The van der Waals surface area contributed by atoms with Crippen LogP contribution in [0.3, 0.4) is 0 Å². The Labute approximate surface area is 75.8 Å². The highest BCUT2D eigenvalue weighted by Crippen LogP contribution is 2.05. The lowest BCUT2D eigenvalue weighted by atomic mass is 10.1. The fourth-order valence-corrected chi connectivity index (χ4v) is 1.21. The minimum Gasteiger partial charge on any atom is -0.351 e. The summed E-state index contributed by atoms with van der Waals surface area (Å²) in [6, 6.07) is -0.401. The van der Waals surface area contributed by atoms with E-state index in [-0.39, 0.29) is 0 Å². The van der Waals surface area contributed by atoms with Crippen molar-refractivity contribution in [3.8, 4) is 0 Å². The molecule has 0 aromatic rings. The van der Waals surface area contributed by atoms with Crippen LogP contribution in [0.5, 0.6) is 0 Å².